The summed E-state index contributed by atoms with van der Waals surface area (Å²) in [7, 11) is 0. The van der Waals surface area contributed by atoms with Gasteiger partial charge in [-0.15, -0.1) is 0 Å². The molecule has 2 heterocycles. The van der Waals surface area contributed by atoms with E-state index in [2.05, 4.69) is 5.32 Å². The molecule has 2 aliphatic rings. The number of rotatable bonds is 6. The Morgan fingerprint density at radius 3 is 2.38 bits per heavy atom. The second-order valence-electron chi connectivity index (χ2n) is 8.12. The minimum atomic E-state index is -0.229. The third kappa shape index (κ3) is 4.20. The van der Waals surface area contributed by atoms with Crippen LogP contribution in [0, 0.1) is 5.92 Å². The van der Waals surface area contributed by atoms with Crippen LogP contribution in [0.2, 0.25) is 0 Å². The van der Waals surface area contributed by atoms with E-state index in [4.69, 9.17) is 4.74 Å². The van der Waals surface area contributed by atoms with Crippen molar-refractivity contribution in [3.05, 3.63) is 65.2 Å². The molecule has 0 aliphatic carbocycles. The molecule has 0 spiro atoms. The topological polar surface area (TPSA) is 79.0 Å². The van der Waals surface area contributed by atoms with Crippen molar-refractivity contribution in [1.82, 2.24) is 9.80 Å². The highest BCUT2D eigenvalue weighted by Crippen LogP contribution is 2.34. The maximum Gasteiger partial charge on any atom is 0.309 e. The fourth-order valence-electron chi connectivity index (χ4n) is 4.48. The van der Waals surface area contributed by atoms with Gasteiger partial charge in [-0.3, -0.25) is 14.4 Å². The summed E-state index contributed by atoms with van der Waals surface area (Å²) >= 11 is 0. The Balaban J connectivity index is 1.40. The van der Waals surface area contributed by atoms with E-state index < -0.39 is 0 Å². The van der Waals surface area contributed by atoms with Crippen LogP contribution in [-0.2, 0) is 9.53 Å². The molecule has 2 aliphatic heterocycles. The molecule has 7 nitrogen and oxygen atoms in total. The van der Waals surface area contributed by atoms with Crippen LogP contribution in [0.3, 0.4) is 0 Å². The number of fused-ring (bicyclic) bond motifs is 1. The van der Waals surface area contributed by atoms with E-state index in [1.807, 2.05) is 43.3 Å². The monoisotopic (exact) mass is 435 g/mol. The molecular formula is C25H29N3O4. The van der Waals surface area contributed by atoms with Gasteiger partial charge in [0, 0.05) is 42.0 Å². The summed E-state index contributed by atoms with van der Waals surface area (Å²) in [5.74, 6) is -0.291. The smallest absolute Gasteiger partial charge is 0.309 e. The summed E-state index contributed by atoms with van der Waals surface area (Å²) in [5.41, 5.74) is 3.14. The number of piperidine rings is 1. The van der Waals surface area contributed by atoms with E-state index in [1.54, 1.807) is 28.9 Å². The van der Waals surface area contributed by atoms with Crippen molar-refractivity contribution in [2.75, 3.05) is 31.6 Å². The number of esters is 1. The van der Waals surface area contributed by atoms with E-state index in [1.165, 1.54) is 0 Å². The third-order valence-electron chi connectivity index (χ3n) is 6.24. The SMILES string of the molecule is CCOC(=O)C1CCN(C(=O)c2ccc(NC3c4ccccc4C(=O)N3CC)cc2)CC1. The van der Waals surface area contributed by atoms with Crippen molar-refractivity contribution >= 4 is 23.5 Å². The van der Waals surface area contributed by atoms with E-state index in [-0.39, 0.29) is 29.9 Å². The zero-order chi connectivity index (χ0) is 22.7. The second-order valence-corrected chi connectivity index (χ2v) is 8.12. The van der Waals surface area contributed by atoms with Crippen molar-refractivity contribution in [3.63, 3.8) is 0 Å². The van der Waals surface area contributed by atoms with Crippen LogP contribution in [0.4, 0.5) is 5.69 Å². The van der Waals surface area contributed by atoms with Crippen molar-refractivity contribution < 1.29 is 19.1 Å². The minimum absolute atomic E-state index is 0.0265. The summed E-state index contributed by atoms with van der Waals surface area (Å²) < 4.78 is 5.10. The molecule has 1 saturated heterocycles. The van der Waals surface area contributed by atoms with Gasteiger partial charge in [-0.2, -0.15) is 0 Å². The van der Waals surface area contributed by atoms with Crippen molar-refractivity contribution in [2.45, 2.75) is 32.9 Å². The summed E-state index contributed by atoms with van der Waals surface area (Å²) in [5, 5.41) is 3.43. The standard InChI is InChI=1S/C25H29N3O4/c1-3-28-22(20-7-5-6-8-21(20)24(28)30)26-19-11-9-17(10-12-19)23(29)27-15-13-18(14-16-27)25(31)32-4-2/h5-12,18,22,26H,3-4,13-16H2,1-2H3. The van der Waals surface area contributed by atoms with Crippen LogP contribution >= 0.6 is 0 Å². The fraction of sp³-hybridized carbons (Fsp3) is 0.400. The van der Waals surface area contributed by atoms with E-state index in [0.717, 1.165) is 16.8 Å². The van der Waals surface area contributed by atoms with Crippen molar-refractivity contribution in [3.8, 4) is 0 Å². The van der Waals surface area contributed by atoms with Gasteiger partial charge in [0.15, 0.2) is 0 Å². The van der Waals surface area contributed by atoms with Crippen LogP contribution in [0.15, 0.2) is 48.5 Å². The predicted octanol–water partition coefficient (Wildman–Crippen LogP) is 3.69. The summed E-state index contributed by atoms with van der Waals surface area (Å²) in [6, 6.07) is 15.0. The molecular weight excluding hydrogens is 406 g/mol. The Hall–Kier alpha value is -3.35. The van der Waals surface area contributed by atoms with Crippen LogP contribution in [-0.4, -0.2) is 53.8 Å². The highest BCUT2D eigenvalue weighted by Gasteiger charge is 2.35. The maximum absolute atomic E-state index is 12.9. The molecule has 2 amide bonds. The van der Waals surface area contributed by atoms with Crippen molar-refractivity contribution in [1.29, 1.82) is 0 Å². The molecule has 7 heteroatoms. The molecule has 0 radical (unpaired) electrons. The Labute approximate surface area is 188 Å². The zero-order valence-corrected chi connectivity index (χ0v) is 18.5. The number of nitrogens with one attached hydrogen (secondary N) is 1. The molecule has 4 rings (SSSR count). The average molecular weight is 436 g/mol. The molecule has 0 bridgehead atoms. The number of benzene rings is 2. The molecule has 1 fully saturated rings. The number of anilines is 1. The normalized spacial score (nSPS) is 18.4. The van der Waals surface area contributed by atoms with Gasteiger partial charge < -0.3 is 19.9 Å². The van der Waals surface area contributed by atoms with Crippen LogP contribution < -0.4 is 5.32 Å². The lowest BCUT2D eigenvalue weighted by Crippen LogP contribution is -2.40. The number of carbonyl (C=O) groups is 3. The van der Waals surface area contributed by atoms with Gasteiger partial charge in [-0.25, -0.2) is 0 Å². The molecule has 1 atom stereocenters. The number of ether oxygens (including phenoxy) is 1. The predicted molar refractivity (Wildman–Crippen MR) is 121 cm³/mol. The first-order valence-corrected chi connectivity index (χ1v) is 11.3. The number of amides is 2. The van der Waals surface area contributed by atoms with E-state index >= 15 is 0 Å². The van der Waals surface area contributed by atoms with Gasteiger partial charge in [0.05, 0.1) is 12.5 Å². The summed E-state index contributed by atoms with van der Waals surface area (Å²) in [6.45, 7) is 5.85. The van der Waals surface area contributed by atoms with Gasteiger partial charge in [0.25, 0.3) is 11.8 Å². The first-order chi connectivity index (χ1) is 15.5. The van der Waals surface area contributed by atoms with Gasteiger partial charge in [0.2, 0.25) is 0 Å². The number of hydrogen-bond donors (Lipinski definition) is 1. The average Bonchev–Trinajstić information content (AvgIpc) is 3.10. The van der Waals surface area contributed by atoms with Gasteiger partial charge >= 0.3 is 5.97 Å². The second kappa shape index (κ2) is 9.42. The molecule has 1 unspecified atom stereocenters. The lowest BCUT2D eigenvalue weighted by Gasteiger charge is -2.31. The molecule has 32 heavy (non-hydrogen) atoms. The Morgan fingerprint density at radius 1 is 1.03 bits per heavy atom. The lowest BCUT2D eigenvalue weighted by atomic mass is 9.96. The number of likely N-dealkylation sites (tertiary alicyclic amines) is 1. The molecule has 0 saturated carbocycles. The van der Waals surface area contributed by atoms with Gasteiger partial charge in [-0.05, 0) is 57.0 Å². The minimum Gasteiger partial charge on any atom is -0.466 e. The fourth-order valence-corrected chi connectivity index (χ4v) is 4.48. The van der Waals surface area contributed by atoms with E-state index in [9.17, 15) is 14.4 Å². The molecule has 168 valence electrons. The number of hydrogen-bond acceptors (Lipinski definition) is 5. The van der Waals surface area contributed by atoms with Gasteiger partial charge in [-0.1, -0.05) is 18.2 Å². The molecule has 0 aromatic heterocycles. The maximum atomic E-state index is 12.9. The summed E-state index contributed by atoms with van der Waals surface area (Å²) in [6.07, 6.45) is 1.03. The highest BCUT2D eigenvalue weighted by molar-refractivity contribution is 5.99. The zero-order valence-electron chi connectivity index (χ0n) is 18.5. The van der Waals surface area contributed by atoms with Crippen LogP contribution in [0.1, 0.15) is 59.1 Å². The van der Waals surface area contributed by atoms with Crippen LogP contribution in [0.25, 0.3) is 0 Å². The first kappa shape index (κ1) is 21.9. The van der Waals surface area contributed by atoms with Crippen molar-refractivity contribution in [2.24, 2.45) is 5.92 Å². The van der Waals surface area contributed by atoms with Crippen LogP contribution in [0.5, 0.6) is 0 Å². The number of nitrogens with zero attached hydrogens (tertiary/aromatic N) is 2. The quantitative estimate of drug-likeness (QED) is 0.700. The Morgan fingerprint density at radius 2 is 1.72 bits per heavy atom. The lowest BCUT2D eigenvalue weighted by molar-refractivity contribution is -0.149. The number of carbonyl (C=O) groups excluding carboxylic acids is 3. The Bertz CT molecular complexity index is 997. The largest absolute Gasteiger partial charge is 0.466 e. The molecule has 2 aromatic carbocycles. The van der Waals surface area contributed by atoms with E-state index in [0.29, 0.717) is 44.6 Å². The molecule has 1 N–H and O–H groups in total. The highest BCUT2D eigenvalue weighted by atomic mass is 16.5. The van der Waals surface area contributed by atoms with Gasteiger partial charge in [0.1, 0.15) is 6.17 Å². The first-order valence-electron chi connectivity index (χ1n) is 11.3. The summed E-state index contributed by atoms with van der Waals surface area (Å²) in [4.78, 5) is 41.1. The molecule has 2 aromatic rings. The Kier molecular flexibility index (Phi) is 6.44. The third-order valence-corrected chi connectivity index (χ3v) is 6.24.